The average molecular weight is 274 g/mol. The molecule has 0 amide bonds. The van der Waals surface area contributed by atoms with Crippen LogP contribution in [0.25, 0.3) is 11.3 Å². The third-order valence-electron chi connectivity index (χ3n) is 2.90. The fourth-order valence-corrected chi connectivity index (χ4v) is 1.86. The Balaban J connectivity index is 2.70. The third-order valence-corrected chi connectivity index (χ3v) is 2.90. The predicted octanol–water partition coefficient (Wildman–Crippen LogP) is 1.28. The molecule has 0 spiro atoms. The van der Waals surface area contributed by atoms with Crippen molar-refractivity contribution >= 4 is 6.29 Å². The molecule has 0 saturated heterocycles. The molecular formula is C14H14N2O4. The molecule has 0 saturated carbocycles. The number of aldehydes is 1. The number of methoxy groups -OCH3 is 2. The van der Waals surface area contributed by atoms with Crippen molar-refractivity contribution in [1.29, 1.82) is 0 Å². The van der Waals surface area contributed by atoms with E-state index in [1.165, 1.54) is 20.2 Å². The molecule has 104 valence electrons. The van der Waals surface area contributed by atoms with Gasteiger partial charge >= 0.3 is 0 Å². The standard InChI is InChI=1S/C14H14N2O4/c1-16-14(18)9(8-17)6-12(15-16)11-7-10(19-2)4-5-13(11)20-3/h4-8H,1-3H3. The summed E-state index contributed by atoms with van der Waals surface area (Å²) < 4.78 is 11.6. The molecule has 1 aromatic heterocycles. The highest BCUT2D eigenvalue weighted by Crippen LogP contribution is 2.31. The second kappa shape index (κ2) is 5.56. The van der Waals surface area contributed by atoms with Gasteiger partial charge in [0.15, 0.2) is 6.29 Å². The van der Waals surface area contributed by atoms with Crippen LogP contribution in [-0.4, -0.2) is 30.3 Å². The van der Waals surface area contributed by atoms with Gasteiger partial charge in [0.1, 0.15) is 11.5 Å². The molecule has 0 atom stereocenters. The third kappa shape index (κ3) is 2.40. The Morgan fingerprint density at radius 2 is 1.95 bits per heavy atom. The lowest BCUT2D eigenvalue weighted by molar-refractivity contribution is 0.112. The van der Waals surface area contributed by atoms with Crippen LogP contribution in [0.4, 0.5) is 0 Å². The molecule has 0 aliphatic heterocycles. The number of aromatic nitrogens is 2. The van der Waals surface area contributed by atoms with E-state index in [-0.39, 0.29) is 5.56 Å². The van der Waals surface area contributed by atoms with Gasteiger partial charge in [-0.15, -0.1) is 0 Å². The van der Waals surface area contributed by atoms with Gasteiger partial charge in [0, 0.05) is 12.6 Å². The summed E-state index contributed by atoms with van der Waals surface area (Å²) in [7, 11) is 4.58. The van der Waals surface area contributed by atoms with Gasteiger partial charge in [-0.2, -0.15) is 5.10 Å². The first-order valence-electron chi connectivity index (χ1n) is 5.86. The quantitative estimate of drug-likeness (QED) is 0.785. The van der Waals surface area contributed by atoms with Gasteiger partial charge in [0.05, 0.1) is 25.5 Å². The van der Waals surface area contributed by atoms with Crippen LogP contribution in [-0.2, 0) is 7.05 Å². The van der Waals surface area contributed by atoms with Crippen molar-refractivity contribution in [2.24, 2.45) is 7.05 Å². The lowest BCUT2D eigenvalue weighted by Crippen LogP contribution is -2.23. The molecule has 2 aromatic rings. The number of rotatable bonds is 4. The second-order valence-electron chi connectivity index (χ2n) is 4.10. The van der Waals surface area contributed by atoms with Gasteiger partial charge in [-0.1, -0.05) is 0 Å². The normalized spacial score (nSPS) is 10.2. The van der Waals surface area contributed by atoms with E-state index < -0.39 is 5.56 Å². The average Bonchev–Trinajstić information content (AvgIpc) is 2.49. The number of carbonyl (C=O) groups is 1. The second-order valence-corrected chi connectivity index (χ2v) is 4.10. The monoisotopic (exact) mass is 274 g/mol. The van der Waals surface area contributed by atoms with Crippen molar-refractivity contribution in [3.8, 4) is 22.8 Å². The Morgan fingerprint density at radius 3 is 2.55 bits per heavy atom. The van der Waals surface area contributed by atoms with Crippen molar-refractivity contribution in [3.05, 3.63) is 40.2 Å². The Morgan fingerprint density at radius 1 is 1.20 bits per heavy atom. The van der Waals surface area contributed by atoms with E-state index >= 15 is 0 Å². The molecule has 0 bridgehead atoms. The number of ether oxygens (including phenoxy) is 2. The van der Waals surface area contributed by atoms with E-state index in [4.69, 9.17) is 9.47 Å². The Labute approximate surface area is 115 Å². The van der Waals surface area contributed by atoms with Crippen LogP contribution in [0.3, 0.4) is 0 Å². The van der Waals surface area contributed by atoms with Gasteiger partial charge in [0.25, 0.3) is 5.56 Å². The van der Waals surface area contributed by atoms with Crippen molar-refractivity contribution < 1.29 is 14.3 Å². The number of hydrogen-bond donors (Lipinski definition) is 0. The van der Waals surface area contributed by atoms with Crippen molar-refractivity contribution in [2.75, 3.05) is 14.2 Å². The zero-order valence-electron chi connectivity index (χ0n) is 11.4. The molecule has 0 fully saturated rings. The topological polar surface area (TPSA) is 70.4 Å². The minimum absolute atomic E-state index is 0.0439. The predicted molar refractivity (Wildman–Crippen MR) is 73.4 cm³/mol. The molecule has 1 aromatic carbocycles. The molecule has 6 heteroatoms. The van der Waals surface area contributed by atoms with Gasteiger partial charge in [0.2, 0.25) is 0 Å². The SMILES string of the molecule is COc1ccc(OC)c(-c2cc(C=O)c(=O)n(C)n2)c1. The molecule has 0 N–H and O–H groups in total. The number of hydrogen-bond acceptors (Lipinski definition) is 5. The Kier molecular flexibility index (Phi) is 3.84. The first kappa shape index (κ1) is 13.8. The fraction of sp³-hybridized carbons (Fsp3) is 0.214. The summed E-state index contributed by atoms with van der Waals surface area (Å²) in [5, 5.41) is 4.15. The fourth-order valence-electron chi connectivity index (χ4n) is 1.86. The summed E-state index contributed by atoms with van der Waals surface area (Å²) in [6.07, 6.45) is 0.514. The summed E-state index contributed by atoms with van der Waals surface area (Å²) >= 11 is 0. The van der Waals surface area contributed by atoms with Crippen LogP contribution in [0.1, 0.15) is 10.4 Å². The zero-order chi connectivity index (χ0) is 14.7. The van der Waals surface area contributed by atoms with Crippen LogP contribution >= 0.6 is 0 Å². The zero-order valence-corrected chi connectivity index (χ0v) is 11.4. The number of carbonyl (C=O) groups excluding carboxylic acids is 1. The minimum Gasteiger partial charge on any atom is -0.497 e. The summed E-state index contributed by atoms with van der Waals surface area (Å²) in [4.78, 5) is 22.6. The van der Waals surface area contributed by atoms with Gasteiger partial charge in [-0.3, -0.25) is 9.59 Å². The molecule has 6 nitrogen and oxygen atoms in total. The number of nitrogens with zero attached hydrogens (tertiary/aromatic N) is 2. The van der Waals surface area contributed by atoms with Crippen LogP contribution in [0.2, 0.25) is 0 Å². The van der Waals surface area contributed by atoms with Crippen molar-refractivity contribution in [2.45, 2.75) is 0 Å². The van der Waals surface area contributed by atoms with E-state index in [9.17, 15) is 9.59 Å². The van der Waals surface area contributed by atoms with Gasteiger partial charge < -0.3 is 9.47 Å². The maximum absolute atomic E-state index is 11.7. The maximum Gasteiger partial charge on any atom is 0.277 e. The first-order chi connectivity index (χ1) is 9.60. The summed E-state index contributed by atoms with van der Waals surface area (Å²) in [5.41, 5.74) is 0.712. The highest BCUT2D eigenvalue weighted by atomic mass is 16.5. The van der Waals surface area contributed by atoms with E-state index in [1.807, 2.05) is 0 Å². The number of benzene rings is 1. The number of aryl methyl sites for hydroxylation is 1. The summed E-state index contributed by atoms with van der Waals surface area (Å²) in [5.74, 6) is 1.21. The van der Waals surface area contributed by atoms with Gasteiger partial charge in [-0.05, 0) is 24.3 Å². The largest absolute Gasteiger partial charge is 0.497 e. The van der Waals surface area contributed by atoms with Crippen LogP contribution in [0.5, 0.6) is 11.5 Å². The maximum atomic E-state index is 11.7. The van der Waals surface area contributed by atoms with Crippen LogP contribution in [0, 0.1) is 0 Å². The molecular weight excluding hydrogens is 260 g/mol. The van der Waals surface area contributed by atoms with Crippen molar-refractivity contribution in [1.82, 2.24) is 9.78 Å². The molecule has 0 radical (unpaired) electrons. The van der Waals surface area contributed by atoms with Crippen molar-refractivity contribution in [3.63, 3.8) is 0 Å². The van der Waals surface area contributed by atoms with E-state index in [1.54, 1.807) is 25.3 Å². The minimum atomic E-state index is -0.439. The Bertz CT molecular complexity index is 707. The lowest BCUT2D eigenvalue weighted by atomic mass is 10.1. The molecule has 1 heterocycles. The molecule has 20 heavy (non-hydrogen) atoms. The molecule has 0 aliphatic rings. The van der Waals surface area contributed by atoms with E-state index in [0.717, 1.165) is 4.68 Å². The molecule has 0 unspecified atom stereocenters. The van der Waals surface area contributed by atoms with Gasteiger partial charge in [-0.25, -0.2) is 4.68 Å². The highest BCUT2D eigenvalue weighted by Gasteiger charge is 2.12. The van der Waals surface area contributed by atoms with Crippen LogP contribution in [0.15, 0.2) is 29.1 Å². The van der Waals surface area contributed by atoms with Crippen LogP contribution < -0.4 is 15.0 Å². The molecule has 0 aliphatic carbocycles. The van der Waals surface area contributed by atoms with E-state index in [0.29, 0.717) is 29.0 Å². The smallest absolute Gasteiger partial charge is 0.277 e. The first-order valence-corrected chi connectivity index (χ1v) is 5.86. The summed E-state index contributed by atoms with van der Waals surface area (Å²) in [6, 6.07) is 6.67. The van der Waals surface area contributed by atoms with E-state index in [2.05, 4.69) is 5.10 Å². The molecule has 2 rings (SSSR count). The Hall–Kier alpha value is -2.63. The lowest BCUT2D eigenvalue weighted by Gasteiger charge is -2.11. The highest BCUT2D eigenvalue weighted by molar-refractivity contribution is 5.78. The summed E-state index contributed by atoms with van der Waals surface area (Å²) in [6.45, 7) is 0.